The average Bonchev–Trinajstić information content (AvgIpc) is 2.96. The number of rotatable bonds is 8. The van der Waals surface area contributed by atoms with Crippen LogP contribution in [0.15, 0.2) is 18.2 Å². The summed E-state index contributed by atoms with van der Waals surface area (Å²) in [6, 6.07) is -1.06. The van der Waals surface area contributed by atoms with Crippen molar-refractivity contribution in [3.8, 4) is 17.2 Å². The fraction of sp³-hybridized carbons (Fsp3) is 0.320. The second kappa shape index (κ2) is 12.9. The predicted octanol–water partition coefficient (Wildman–Crippen LogP) is -0.362. The summed E-state index contributed by atoms with van der Waals surface area (Å²) < 4.78 is 34.4. The van der Waals surface area contributed by atoms with Crippen LogP contribution < -0.4 is 21.0 Å². The number of aromatic hydroxyl groups is 2. The lowest BCUT2D eigenvalue weighted by Crippen LogP contribution is -2.60. The second-order valence-corrected chi connectivity index (χ2v) is 10.1. The molecule has 2 heterocycles. The first kappa shape index (κ1) is 32.2. The summed E-state index contributed by atoms with van der Waals surface area (Å²) in [7, 11) is -1.96. The smallest absolute Gasteiger partial charge is 0.534 e. The van der Waals surface area contributed by atoms with E-state index in [1.165, 1.54) is 4.90 Å². The van der Waals surface area contributed by atoms with E-state index < -0.39 is 93.9 Å². The Bertz CT molecular complexity index is 1550. The number of nitrogens with one attached hydrogen (secondary N) is 2. The van der Waals surface area contributed by atoms with Crippen molar-refractivity contribution in [2.45, 2.75) is 24.8 Å². The van der Waals surface area contributed by atoms with E-state index in [1.807, 2.05) is 0 Å². The molecule has 0 spiro atoms. The van der Waals surface area contributed by atoms with Gasteiger partial charge in [-0.05, 0) is 31.0 Å². The Morgan fingerprint density at radius 3 is 2.52 bits per heavy atom. The monoisotopic (exact) mass is 639 g/mol. The molecule has 0 saturated carbocycles. The minimum atomic E-state index is -2.14. The summed E-state index contributed by atoms with van der Waals surface area (Å²) in [4.78, 5) is 65.1. The molecule has 0 bridgehead atoms. The molecule has 2 aromatic carbocycles. The number of imide groups is 1. The Labute approximate surface area is 252 Å². The molecule has 0 radical (unpaired) electrons. The molecule has 2 aromatic rings. The van der Waals surface area contributed by atoms with Gasteiger partial charge >= 0.3 is 30.9 Å². The Kier molecular flexibility index (Phi) is 9.46. The molecule has 44 heavy (non-hydrogen) atoms. The lowest BCUT2D eigenvalue weighted by Gasteiger charge is -2.34. The van der Waals surface area contributed by atoms with Gasteiger partial charge in [0.2, 0.25) is 5.91 Å². The first-order valence-electron chi connectivity index (χ1n) is 13.0. The number of carboxylic acid groups (broad SMARTS) is 1. The molecule has 0 aliphatic carbocycles. The number of carbonyl (C=O) groups excluding carboxylic acids is 4. The number of amides is 5. The van der Waals surface area contributed by atoms with Gasteiger partial charge in [-0.1, -0.05) is 17.7 Å². The van der Waals surface area contributed by atoms with Crippen LogP contribution in [0.2, 0.25) is 5.02 Å². The Hall–Kier alpha value is -4.68. The number of nitrogens with zero attached hydrogens (tertiary/aromatic N) is 2. The summed E-state index contributed by atoms with van der Waals surface area (Å²) in [5.41, 5.74) is 3.80. The van der Waals surface area contributed by atoms with E-state index in [4.69, 9.17) is 22.0 Å². The molecule has 234 valence electrons. The maximum atomic E-state index is 15.1. The zero-order valence-corrected chi connectivity index (χ0v) is 23.3. The maximum absolute atomic E-state index is 15.1. The van der Waals surface area contributed by atoms with Crippen molar-refractivity contribution in [3.63, 3.8) is 0 Å². The molecule has 1 fully saturated rings. The SMILES string of the molecule is NCCCN1CCN(C(=O)N[C@@H](C(=O)N[C@H]2Cc3ccc(F)c(C(=O)O)c3OB2O)c2c(F)cc(O)c(O)c2Cl)C(=O)C1=O. The summed E-state index contributed by atoms with van der Waals surface area (Å²) in [6.45, 7) is 0.0358. The number of urea groups is 1. The zero-order valence-electron chi connectivity index (χ0n) is 22.6. The molecule has 2 aliphatic heterocycles. The van der Waals surface area contributed by atoms with E-state index in [0.29, 0.717) is 17.4 Å². The van der Waals surface area contributed by atoms with E-state index in [1.54, 1.807) is 0 Å². The van der Waals surface area contributed by atoms with Crippen LogP contribution >= 0.6 is 11.6 Å². The van der Waals surface area contributed by atoms with Gasteiger partial charge in [0.05, 0.1) is 11.0 Å². The van der Waals surface area contributed by atoms with Crippen molar-refractivity contribution in [3.05, 3.63) is 51.5 Å². The second-order valence-electron chi connectivity index (χ2n) is 9.77. The zero-order chi connectivity index (χ0) is 32.5. The number of hydrogen-bond acceptors (Lipinski definition) is 10. The normalized spacial score (nSPS) is 17.1. The highest BCUT2D eigenvalue weighted by atomic mass is 35.5. The highest BCUT2D eigenvalue weighted by Crippen LogP contribution is 2.40. The quantitative estimate of drug-likeness (QED) is 0.112. The van der Waals surface area contributed by atoms with E-state index >= 15 is 4.39 Å². The number of phenols is 2. The molecule has 0 unspecified atom stereocenters. The number of phenolic OH excluding ortho intramolecular Hbond substituents is 2. The molecule has 5 amide bonds. The van der Waals surface area contributed by atoms with Gasteiger partial charge in [-0.3, -0.25) is 19.3 Å². The van der Waals surface area contributed by atoms with Gasteiger partial charge in [0.25, 0.3) is 0 Å². The lowest BCUT2D eigenvalue weighted by molar-refractivity contribution is -0.153. The number of carboxylic acids is 1. The Morgan fingerprint density at radius 2 is 1.86 bits per heavy atom. The van der Waals surface area contributed by atoms with Crippen LogP contribution in [-0.4, -0.2) is 99.1 Å². The van der Waals surface area contributed by atoms with Crippen LogP contribution in [0.3, 0.4) is 0 Å². The van der Waals surface area contributed by atoms with E-state index in [2.05, 4.69) is 10.6 Å². The molecular formula is C25H25BClF2N5O10. The van der Waals surface area contributed by atoms with Crippen molar-refractivity contribution in [1.29, 1.82) is 0 Å². The summed E-state index contributed by atoms with van der Waals surface area (Å²) in [5, 5.41) is 43.2. The van der Waals surface area contributed by atoms with E-state index in [-0.39, 0.29) is 38.2 Å². The van der Waals surface area contributed by atoms with Crippen LogP contribution in [0.5, 0.6) is 17.2 Å². The molecule has 19 heteroatoms. The van der Waals surface area contributed by atoms with Crippen LogP contribution in [-0.2, 0) is 20.8 Å². The number of benzene rings is 2. The number of piperazine rings is 1. The van der Waals surface area contributed by atoms with Crippen LogP contribution in [0.1, 0.15) is 33.9 Å². The maximum Gasteiger partial charge on any atom is 0.547 e. The first-order valence-corrected chi connectivity index (χ1v) is 13.3. The van der Waals surface area contributed by atoms with Gasteiger partial charge in [-0.15, -0.1) is 0 Å². The number of hydrogen-bond donors (Lipinski definition) is 7. The van der Waals surface area contributed by atoms with E-state index in [0.717, 1.165) is 12.1 Å². The fourth-order valence-corrected chi connectivity index (χ4v) is 5.03. The third kappa shape index (κ3) is 6.17. The summed E-state index contributed by atoms with van der Waals surface area (Å²) in [5.74, 6) is -11.6. The molecule has 4 rings (SSSR count). The number of fused-ring (bicyclic) bond motifs is 1. The molecule has 0 aromatic heterocycles. The van der Waals surface area contributed by atoms with E-state index in [9.17, 15) is 48.7 Å². The highest BCUT2D eigenvalue weighted by Gasteiger charge is 2.42. The minimum Gasteiger partial charge on any atom is -0.534 e. The minimum absolute atomic E-state index is 0.0616. The topological polar surface area (TPSA) is 232 Å². The number of aromatic carboxylic acids is 1. The largest absolute Gasteiger partial charge is 0.547 e. The number of nitrogens with two attached hydrogens (primary N) is 1. The molecule has 8 N–H and O–H groups in total. The number of halogens is 3. The Morgan fingerprint density at radius 1 is 1.16 bits per heavy atom. The standard InChI is InChI=1S/C25H25BClF2N5O10/c27-17-15(12(29)9-13(35)19(17)36)18(32-25(42)34-7-6-33(5-1-4-30)22(38)23(34)39)21(37)31-14-8-10-2-3-11(28)16(24(40)41)20(10)44-26(14)43/h2-3,9,14,18,35-36,43H,1,4-8,30H2,(H,31,37)(H,32,42)(H,40,41)/t14-,18+/m0/s1. The number of carbonyl (C=O) groups is 5. The third-order valence-electron chi connectivity index (χ3n) is 6.97. The molecule has 2 aliphatic rings. The first-order chi connectivity index (χ1) is 20.8. The van der Waals surface area contributed by atoms with Gasteiger partial charge in [-0.25, -0.2) is 18.4 Å². The predicted molar refractivity (Wildman–Crippen MR) is 146 cm³/mol. The van der Waals surface area contributed by atoms with Crippen molar-refractivity contribution in [1.82, 2.24) is 20.4 Å². The van der Waals surface area contributed by atoms with Gasteiger partial charge < -0.3 is 46.3 Å². The summed E-state index contributed by atoms with van der Waals surface area (Å²) >= 11 is 6.03. The van der Waals surface area contributed by atoms with Gasteiger partial charge in [-0.2, -0.15) is 0 Å². The molecule has 2 atom stereocenters. The van der Waals surface area contributed by atoms with Crippen LogP contribution in [0.25, 0.3) is 0 Å². The van der Waals surface area contributed by atoms with Crippen molar-refractivity contribution < 1.29 is 57.8 Å². The third-order valence-corrected chi connectivity index (χ3v) is 7.35. The van der Waals surface area contributed by atoms with Crippen molar-refractivity contribution >= 4 is 48.4 Å². The molecular weight excluding hydrogens is 615 g/mol. The summed E-state index contributed by atoms with van der Waals surface area (Å²) in [6.07, 6.45) is 0.0710. The van der Waals surface area contributed by atoms with Crippen molar-refractivity contribution in [2.75, 3.05) is 26.2 Å². The van der Waals surface area contributed by atoms with Crippen molar-refractivity contribution in [2.24, 2.45) is 5.73 Å². The molecule has 15 nitrogen and oxygen atoms in total. The Balaban J connectivity index is 1.63. The van der Waals surface area contributed by atoms with Crippen LogP contribution in [0.4, 0.5) is 13.6 Å². The average molecular weight is 640 g/mol. The van der Waals surface area contributed by atoms with Gasteiger partial charge in [0, 0.05) is 31.3 Å². The van der Waals surface area contributed by atoms with Crippen LogP contribution in [0, 0.1) is 11.6 Å². The van der Waals surface area contributed by atoms with Gasteiger partial charge in [0.15, 0.2) is 11.5 Å². The molecule has 1 saturated heterocycles. The van der Waals surface area contributed by atoms with Gasteiger partial charge in [0.1, 0.15) is 29.0 Å². The fourth-order valence-electron chi connectivity index (χ4n) is 4.74. The lowest BCUT2D eigenvalue weighted by atomic mass is 9.72. The highest BCUT2D eigenvalue weighted by molar-refractivity contribution is 6.47.